The van der Waals surface area contributed by atoms with E-state index < -0.39 is 0 Å². The lowest BCUT2D eigenvalue weighted by Crippen LogP contribution is -2.37. The fourth-order valence-electron chi connectivity index (χ4n) is 2.43. The minimum absolute atomic E-state index is 0.195. The smallest absolute Gasteiger partial charge is 0.227 e. The number of benzene rings is 1. The second kappa shape index (κ2) is 4.88. The number of amides is 1. The number of fused-ring (bicyclic) bond motifs is 1. The molecule has 1 aromatic carbocycles. The number of rotatable bonds is 3. The Hall–Kier alpha value is -1.35. The lowest BCUT2D eigenvalue weighted by atomic mass is 10.1. The van der Waals surface area contributed by atoms with Gasteiger partial charge in [0.1, 0.15) is 0 Å². The molecule has 3 heteroatoms. The van der Waals surface area contributed by atoms with Crippen LogP contribution in [0.25, 0.3) is 0 Å². The van der Waals surface area contributed by atoms with E-state index in [-0.39, 0.29) is 17.9 Å². The van der Waals surface area contributed by atoms with Crippen LogP contribution in [0, 0.1) is 5.92 Å². The van der Waals surface area contributed by atoms with Gasteiger partial charge in [0.2, 0.25) is 5.91 Å². The fourth-order valence-corrected chi connectivity index (χ4v) is 2.43. The van der Waals surface area contributed by atoms with Gasteiger partial charge in [-0.1, -0.05) is 25.1 Å². The summed E-state index contributed by atoms with van der Waals surface area (Å²) in [5, 5.41) is 0. The number of anilines is 1. The molecule has 0 spiro atoms. The zero-order chi connectivity index (χ0) is 12.4. The number of carbonyl (C=O) groups excluding carboxylic acids is 1. The van der Waals surface area contributed by atoms with Gasteiger partial charge in [-0.05, 0) is 37.4 Å². The first kappa shape index (κ1) is 12.1. The van der Waals surface area contributed by atoms with Crippen molar-refractivity contribution < 1.29 is 4.79 Å². The predicted molar refractivity (Wildman–Crippen MR) is 69.9 cm³/mol. The molecule has 2 rings (SSSR count). The molecule has 1 heterocycles. The van der Waals surface area contributed by atoms with E-state index in [0.717, 1.165) is 12.1 Å². The molecule has 0 saturated heterocycles. The number of nitrogens with zero attached hydrogens (tertiary/aromatic N) is 1. The summed E-state index contributed by atoms with van der Waals surface area (Å²) in [6.07, 6.45) is 1.49. The molecule has 92 valence electrons. The first-order valence-electron chi connectivity index (χ1n) is 6.23. The summed E-state index contributed by atoms with van der Waals surface area (Å²) in [6.45, 7) is 4.69. The summed E-state index contributed by atoms with van der Waals surface area (Å²) in [4.78, 5) is 14.2. The van der Waals surface area contributed by atoms with Crippen molar-refractivity contribution in [3.63, 3.8) is 0 Å². The Bertz CT molecular complexity index is 416. The summed E-state index contributed by atoms with van der Waals surface area (Å²) in [5.41, 5.74) is 7.93. The van der Waals surface area contributed by atoms with Crippen LogP contribution in [0.2, 0.25) is 0 Å². The van der Waals surface area contributed by atoms with Crippen molar-refractivity contribution in [2.75, 3.05) is 11.4 Å². The van der Waals surface area contributed by atoms with Crippen molar-refractivity contribution in [3.05, 3.63) is 29.8 Å². The minimum atomic E-state index is 0.195. The molecule has 0 radical (unpaired) electrons. The average molecular weight is 232 g/mol. The number of hydrogen-bond acceptors (Lipinski definition) is 2. The third kappa shape index (κ3) is 2.34. The Morgan fingerprint density at radius 3 is 2.94 bits per heavy atom. The third-order valence-electron chi connectivity index (χ3n) is 3.40. The van der Waals surface area contributed by atoms with E-state index in [1.165, 1.54) is 5.56 Å². The van der Waals surface area contributed by atoms with Crippen LogP contribution < -0.4 is 10.6 Å². The monoisotopic (exact) mass is 232 g/mol. The Morgan fingerprint density at radius 1 is 1.53 bits per heavy atom. The van der Waals surface area contributed by atoms with Crippen LogP contribution in [0.1, 0.15) is 25.8 Å². The number of nitrogens with two attached hydrogens (primary N) is 1. The fraction of sp³-hybridized carbons (Fsp3) is 0.500. The van der Waals surface area contributed by atoms with Crippen molar-refractivity contribution in [1.82, 2.24) is 0 Å². The maximum atomic E-state index is 12.3. The standard InChI is InChI=1S/C14H20N2O/c1-10(9-15)7-14(17)16-11(2)8-12-5-3-4-6-13(12)16/h3-6,10-11H,7-9,15H2,1-2H3. The Labute approximate surface area is 103 Å². The van der Waals surface area contributed by atoms with Crippen LogP contribution >= 0.6 is 0 Å². The highest BCUT2D eigenvalue weighted by Gasteiger charge is 2.30. The van der Waals surface area contributed by atoms with Crippen molar-refractivity contribution >= 4 is 11.6 Å². The van der Waals surface area contributed by atoms with Crippen LogP contribution in [0.15, 0.2) is 24.3 Å². The Morgan fingerprint density at radius 2 is 2.24 bits per heavy atom. The van der Waals surface area contributed by atoms with Gasteiger partial charge in [-0.2, -0.15) is 0 Å². The molecule has 0 saturated carbocycles. The molecule has 1 amide bonds. The molecule has 0 bridgehead atoms. The van der Waals surface area contributed by atoms with Crippen molar-refractivity contribution in [2.24, 2.45) is 11.7 Å². The topological polar surface area (TPSA) is 46.3 Å². The van der Waals surface area contributed by atoms with Crippen LogP contribution in [0.3, 0.4) is 0 Å². The lowest BCUT2D eigenvalue weighted by Gasteiger charge is -2.24. The predicted octanol–water partition coefficient (Wildman–Crippen LogP) is 1.95. The van der Waals surface area contributed by atoms with Crippen LogP contribution in [0.5, 0.6) is 0 Å². The van der Waals surface area contributed by atoms with Gasteiger partial charge in [-0.15, -0.1) is 0 Å². The van der Waals surface area contributed by atoms with Gasteiger partial charge in [0, 0.05) is 18.2 Å². The second-order valence-electron chi connectivity index (χ2n) is 4.99. The summed E-state index contributed by atoms with van der Waals surface area (Å²) < 4.78 is 0. The molecule has 1 aliphatic heterocycles. The van der Waals surface area contributed by atoms with E-state index in [0.29, 0.717) is 13.0 Å². The van der Waals surface area contributed by atoms with E-state index >= 15 is 0 Å². The molecule has 0 fully saturated rings. The summed E-state index contributed by atoms with van der Waals surface area (Å²) in [7, 11) is 0. The molecule has 2 unspecified atom stereocenters. The number of para-hydroxylation sites is 1. The maximum Gasteiger partial charge on any atom is 0.227 e. The Kier molecular flexibility index (Phi) is 3.48. The summed E-state index contributed by atoms with van der Waals surface area (Å²) in [6, 6.07) is 8.42. The third-order valence-corrected chi connectivity index (χ3v) is 3.40. The zero-order valence-electron chi connectivity index (χ0n) is 10.5. The molecule has 1 aliphatic rings. The molecular formula is C14H20N2O. The largest absolute Gasteiger partial charge is 0.330 e. The van der Waals surface area contributed by atoms with Gasteiger partial charge in [0.25, 0.3) is 0 Å². The van der Waals surface area contributed by atoms with E-state index in [1.807, 2.05) is 30.0 Å². The minimum Gasteiger partial charge on any atom is -0.330 e. The molecule has 2 N–H and O–H groups in total. The molecule has 3 nitrogen and oxygen atoms in total. The first-order valence-corrected chi connectivity index (χ1v) is 6.23. The number of carbonyl (C=O) groups is 1. The highest BCUT2D eigenvalue weighted by atomic mass is 16.2. The molecule has 17 heavy (non-hydrogen) atoms. The van der Waals surface area contributed by atoms with Gasteiger partial charge in [-0.25, -0.2) is 0 Å². The molecule has 0 aromatic heterocycles. The maximum absolute atomic E-state index is 12.3. The van der Waals surface area contributed by atoms with Crippen LogP contribution in [-0.4, -0.2) is 18.5 Å². The van der Waals surface area contributed by atoms with E-state index in [2.05, 4.69) is 13.0 Å². The van der Waals surface area contributed by atoms with Crippen molar-refractivity contribution in [2.45, 2.75) is 32.7 Å². The van der Waals surface area contributed by atoms with Gasteiger partial charge in [0.05, 0.1) is 0 Å². The van der Waals surface area contributed by atoms with E-state index in [1.54, 1.807) is 0 Å². The van der Waals surface area contributed by atoms with Crippen molar-refractivity contribution in [1.29, 1.82) is 0 Å². The van der Waals surface area contributed by atoms with Gasteiger partial charge < -0.3 is 10.6 Å². The highest BCUT2D eigenvalue weighted by Crippen LogP contribution is 2.32. The molecule has 0 aliphatic carbocycles. The van der Waals surface area contributed by atoms with Crippen LogP contribution in [0.4, 0.5) is 5.69 Å². The lowest BCUT2D eigenvalue weighted by molar-refractivity contribution is -0.119. The van der Waals surface area contributed by atoms with E-state index in [4.69, 9.17) is 5.73 Å². The van der Waals surface area contributed by atoms with Crippen LogP contribution in [-0.2, 0) is 11.2 Å². The molecule has 1 aromatic rings. The quantitative estimate of drug-likeness (QED) is 0.865. The van der Waals surface area contributed by atoms with Gasteiger partial charge in [-0.3, -0.25) is 4.79 Å². The highest BCUT2D eigenvalue weighted by molar-refractivity contribution is 5.96. The molecular weight excluding hydrogens is 212 g/mol. The van der Waals surface area contributed by atoms with Gasteiger partial charge in [0.15, 0.2) is 0 Å². The summed E-state index contributed by atoms with van der Waals surface area (Å²) in [5.74, 6) is 0.447. The second-order valence-corrected chi connectivity index (χ2v) is 4.99. The number of hydrogen-bond donors (Lipinski definition) is 1. The van der Waals surface area contributed by atoms with E-state index in [9.17, 15) is 4.79 Å². The zero-order valence-corrected chi connectivity index (χ0v) is 10.5. The summed E-state index contributed by atoms with van der Waals surface area (Å²) >= 11 is 0. The SMILES string of the molecule is CC(CN)CC(=O)N1c2ccccc2CC1C. The normalized spacial score (nSPS) is 20.2. The average Bonchev–Trinajstić information content (AvgIpc) is 2.64. The van der Waals surface area contributed by atoms with Gasteiger partial charge >= 0.3 is 0 Å². The Balaban J connectivity index is 2.18. The van der Waals surface area contributed by atoms with Crippen molar-refractivity contribution in [3.8, 4) is 0 Å². The first-order chi connectivity index (χ1) is 8.13. The molecule has 2 atom stereocenters.